The molecule has 0 fully saturated rings. The van der Waals surface area contributed by atoms with Gasteiger partial charge in [-0.15, -0.1) is 0 Å². The lowest BCUT2D eigenvalue weighted by Crippen LogP contribution is -2.19. The van der Waals surface area contributed by atoms with E-state index in [9.17, 15) is 26.0 Å². The van der Waals surface area contributed by atoms with E-state index in [-0.39, 0.29) is 18.3 Å². The van der Waals surface area contributed by atoms with Crippen LogP contribution in [-0.4, -0.2) is 15.0 Å². The molecular formula is C20H19F4NO3S. The fraction of sp³-hybridized carbons (Fsp3) is 0.300. The molecule has 0 aliphatic heterocycles. The van der Waals surface area contributed by atoms with Crippen LogP contribution in [0.2, 0.25) is 0 Å². The quantitative estimate of drug-likeness (QED) is 0.697. The highest BCUT2D eigenvalue weighted by molar-refractivity contribution is 7.89. The van der Waals surface area contributed by atoms with E-state index < -0.39 is 32.4 Å². The maximum absolute atomic E-state index is 13.4. The van der Waals surface area contributed by atoms with Gasteiger partial charge in [0.1, 0.15) is 11.6 Å². The predicted molar refractivity (Wildman–Crippen MR) is 100 cm³/mol. The lowest BCUT2D eigenvalue weighted by molar-refractivity contribution is -0.139. The van der Waals surface area contributed by atoms with E-state index in [0.29, 0.717) is 12.5 Å². The molecule has 1 aliphatic carbocycles. The Morgan fingerprint density at radius 1 is 1.10 bits per heavy atom. The van der Waals surface area contributed by atoms with Crippen LogP contribution in [0.25, 0.3) is 5.57 Å². The van der Waals surface area contributed by atoms with Crippen molar-refractivity contribution in [2.24, 2.45) is 11.1 Å². The minimum absolute atomic E-state index is 0.0268. The van der Waals surface area contributed by atoms with E-state index in [1.165, 1.54) is 12.1 Å². The highest BCUT2D eigenvalue weighted by Crippen LogP contribution is 2.39. The molecule has 0 saturated carbocycles. The fourth-order valence-electron chi connectivity index (χ4n) is 3.34. The summed E-state index contributed by atoms with van der Waals surface area (Å²) in [6, 6.07) is 8.34. The topological polar surface area (TPSA) is 69.4 Å². The van der Waals surface area contributed by atoms with E-state index in [0.717, 1.165) is 36.1 Å². The van der Waals surface area contributed by atoms with Crippen molar-refractivity contribution >= 4 is 15.6 Å². The number of halogens is 4. The van der Waals surface area contributed by atoms with Crippen molar-refractivity contribution in [1.82, 2.24) is 0 Å². The number of ether oxygens (including phenoxy) is 1. The highest BCUT2D eigenvalue weighted by Gasteiger charge is 2.36. The smallest absolute Gasteiger partial charge is 0.420 e. The van der Waals surface area contributed by atoms with Crippen molar-refractivity contribution < 1.29 is 30.7 Å². The molecule has 0 heterocycles. The van der Waals surface area contributed by atoms with Gasteiger partial charge in [0.05, 0.1) is 17.1 Å². The predicted octanol–water partition coefficient (Wildman–Crippen LogP) is 4.75. The van der Waals surface area contributed by atoms with Crippen LogP contribution in [0.3, 0.4) is 0 Å². The van der Waals surface area contributed by atoms with Gasteiger partial charge in [-0.2, -0.15) is 13.2 Å². The summed E-state index contributed by atoms with van der Waals surface area (Å²) in [4.78, 5) is -0.637. The van der Waals surface area contributed by atoms with Crippen molar-refractivity contribution in [2.45, 2.75) is 30.3 Å². The first-order valence-corrected chi connectivity index (χ1v) is 10.4. The molecule has 2 aromatic carbocycles. The number of sulfonamides is 1. The van der Waals surface area contributed by atoms with E-state index in [1.54, 1.807) is 12.1 Å². The number of allylic oxidation sites excluding steroid dienone is 1. The summed E-state index contributed by atoms with van der Waals surface area (Å²) in [5, 5.41) is 4.93. The molecule has 0 spiro atoms. The summed E-state index contributed by atoms with van der Waals surface area (Å²) in [5.74, 6) is -1.01. The molecule has 1 atom stereocenters. The fourth-order valence-corrected chi connectivity index (χ4v) is 3.88. The number of hydrogen-bond acceptors (Lipinski definition) is 3. The molecule has 0 bridgehead atoms. The maximum Gasteiger partial charge on any atom is 0.420 e. The van der Waals surface area contributed by atoms with Crippen molar-refractivity contribution in [3.05, 3.63) is 65.5 Å². The first kappa shape index (κ1) is 21.3. The Labute approximate surface area is 166 Å². The first-order chi connectivity index (χ1) is 13.6. The Bertz CT molecular complexity index is 1020. The minimum atomic E-state index is -4.81. The summed E-state index contributed by atoms with van der Waals surface area (Å²) in [6.45, 7) is -0.0268. The van der Waals surface area contributed by atoms with Crippen LogP contribution < -0.4 is 9.88 Å². The van der Waals surface area contributed by atoms with Crippen LogP contribution in [0.15, 0.2) is 53.4 Å². The number of alkyl halides is 3. The van der Waals surface area contributed by atoms with Gasteiger partial charge in [0.25, 0.3) is 0 Å². The molecule has 29 heavy (non-hydrogen) atoms. The van der Waals surface area contributed by atoms with Gasteiger partial charge >= 0.3 is 6.18 Å². The zero-order chi connectivity index (χ0) is 21.2. The van der Waals surface area contributed by atoms with Crippen molar-refractivity contribution in [3.8, 4) is 5.75 Å². The maximum atomic E-state index is 13.4. The van der Waals surface area contributed by atoms with Gasteiger partial charge in [0, 0.05) is 5.92 Å². The SMILES string of the molecule is NS(=O)(=O)c1ccc(OCC2CCCC=C2c2ccc(F)cc2)c(C(F)(F)F)c1. The van der Waals surface area contributed by atoms with E-state index in [1.807, 2.05) is 6.08 Å². The molecule has 2 aromatic rings. The molecule has 1 aliphatic rings. The zero-order valence-corrected chi connectivity index (χ0v) is 16.1. The molecule has 0 amide bonds. The number of primary sulfonamides is 1. The van der Waals surface area contributed by atoms with Crippen LogP contribution in [-0.2, 0) is 16.2 Å². The number of rotatable bonds is 5. The van der Waals surface area contributed by atoms with E-state index in [4.69, 9.17) is 9.88 Å². The number of benzene rings is 2. The van der Waals surface area contributed by atoms with Gasteiger partial charge < -0.3 is 4.74 Å². The third-order valence-corrected chi connectivity index (χ3v) is 5.67. The molecule has 0 radical (unpaired) electrons. The first-order valence-electron chi connectivity index (χ1n) is 8.88. The van der Waals surface area contributed by atoms with Gasteiger partial charge in [0.15, 0.2) is 0 Å². The van der Waals surface area contributed by atoms with E-state index >= 15 is 0 Å². The summed E-state index contributed by atoms with van der Waals surface area (Å²) >= 11 is 0. The van der Waals surface area contributed by atoms with Crippen molar-refractivity contribution in [3.63, 3.8) is 0 Å². The lowest BCUT2D eigenvalue weighted by Gasteiger charge is -2.25. The Balaban J connectivity index is 1.85. The lowest BCUT2D eigenvalue weighted by atomic mass is 9.84. The Morgan fingerprint density at radius 3 is 2.41 bits per heavy atom. The molecule has 1 unspecified atom stereocenters. The van der Waals surface area contributed by atoms with Crippen LogP contribution in [0.5, 0.6) is 5.75 Å². The van der Waals surface area contributed by atoms with Crippen LogP contribution in [0, 0.1) is 11.7 Å². The third kappa shape index (κ3) is 5.16. The molecule has 4 nitrogen and oxygen atoms in total. The largest absolute Gasteiger partial charge is 0.492 e. The van der Waals surface area contributed by atoms with Gasteiger partial charge in [-0.1, -0.05) is 18.2 Å². The normalized spacial score (nSPS) is 17.7. The second-order valence-corrected chi connectivity index (χ2v) is 8.37. The zero-order valence-electron chi connectivity index (χ0n) is 15.2. The Hall–Kier alpha value is -2.39. The monoisotopic (exact) mass is 429 g/mol. The third-order valence-electron chi connectivity index (χ3n) is 4.76. The molecule has 9 heteroatoms. The molecule has 2 N–H and O–H groups in total. The minimum Gasteiger partial charge on any atom is -0.492 e. The molecule has 156 valence electrons. The Morgan fingerprint density at radius 2 is 1.79 bits per heavy atom. The second-order valence-electron chi connectivity index (χ2n) is 6.81. The highest BCUT2D eigenvalue weighted by atomic mass is 32.2. The van der Waals surface area contributed by atoms with Crippen LogP contribution >= 0.6 is 0 Å². The number of nitrogens with two attached hydrogens (primary N) is 1. The van der Waals surface area contributed by atoms with Gasteiger partial charge in [-0.25, -0.2) is 17.9 Å². The van der Waals surface area contributed by atoms with Crippen molar-refractivity contribution in [2.75, 3.05) is 6.61 Å². The van der Waals surface area contributed by atoms with Gasteiger partial charge in [-0.05, 0) is 60.7 Å². The molecule has 0 aromatic heterocycles. The van der Waals surface area contributed by atoms with Gasteiger partial charge in [0.2, 0.25) is 10.0 Å². The summed E-state index contributed by atoms with van der Waals surface area (Å²) in [7, 11) is -4.28. The molecule has 0 saturated heterocycles. The molecular weight excluding hydrogens is 410 g/mol. The van der Waals surface area contributed by atoms with Gasteiger partial charge in [-0.3, -0.25) is 0 Å². The second kappa shape index (κ2) is 8.16. The van der Waals surface area contributed by atoms with E-state index in [2.05, 4.69) is 0 Å². The number of hydrogen-bond donors (Lipinski definition) is 1. The summed E-state index contributed by atoms with van der Waals surface area (Å²) in [6.07, 6.45) is -0.438. The molecule has 3 rings (SSSR count). The standard InChI is InChI=1S/C20H19F4NO3S/c21-15-7-5-13(6-8-15)17-4-2-1-3-14(17)12-28-19-10-9-16(29(25,26)27)11-18(19)20(22,23)24/h4-11,14H,1-3,12H2,(H2,25,26,27). The average Bonchev–Trinajstić information content (AvgIpc) is 2.66. The Kier molecular flexibility index (Phi) is 6.00. The average molecular weight is 429 g/mol. The summed E-state index contributed by atoms with van der Waals surface area (Å²) in [5.41, 5.74) is 0.485. The van der Waals surface area contributed by atoms with Crippen molar-refractivity contribution in [1.29, 1.82) is 0 Å². The van der Waals surface area contributed by atoms with Crippen LogP contribution in [0.1, 0.15) is 30.4 Å². The van der Waals surface area contributed by atoms with Crippen LogP contribution in [0.4, 0.5) is 17.6 Å². The summed E-state index contributed by atoms with van der Waals surface area (Å²) < 4.78 is 81.6.